The van der Waals surface area contributed by atoms with Crippen molar-refractivity contribution in [3.63, 3.8) is 0 Å². The first-order valence-electron chi connectivity index (χ1n) is 9.43. The quantitative estimate of drug-likeness (QED) is 0.611. The Bertz CT molecular complexity index is 1170. The molecule has 0 atom stereocenters. The molecule has 2 aromatic carbocycles. The number of sulfone groups is 1. The number of halogens is 1. The SMILES string of the molecule is CC(=O)N1CCN(c2oc(-c3cccc(Cl)c3)nc2S(=O)(=O)c2ccccc2)CC1. The highest BCUT2D eigenvalue weighted by Gasteiger charge is 2.33. The molecule has 1 saturated heterocycles. The molecule has 4 rings (SSSR count). The number of oxazole rings is 1. The van der Waals surface area contributed by atoms with Crippen LogP contribution in [0.15, 0.2) is 68.9 Å². The van der Waals surface area contributed by atoms with Crippen LogP contribution in [0.5, 0.6) is 0 Å². The summed E-state index contributed by atoms with van der Waals surface area (Å²) in [6, 6.07) is 15.0. The summed E-state index contributed by atoms with van der Waals surface area (Å²) < 4.78 is 32.7. The molecule has 0 radical (unpaired) electrons. The maximum atomic E-state index is 13.3. The lowest BCUT2D eigenvalue weighted by atomic mass is 10.2. The monoisotopic (exact) mass is 445 g/mol. The number of nitrogens with zero attached hydrogens (tertiary/aromatic N) is 3. The Morgan fingerprint density at radius 3 is 2.37 bits per heavy atom. The molecule has 3 aromatic rings. The second kappa shape index (κ2) is 8.12. The lowest BCUT2D eigenvalue weighted by molar-refractivity contribution is -0.129. The Morgan fingerprint density at radius 2 is 1.73 bits per heavy atom. The number of hydrogen-bond acceptors (Lipinski definition) is 6. The minimum atomic E-state index is -3.91. The molecule has 1 aliphatic rings. The number of benzene rings is 2. The van der Waals surface area contributed by atoms with E-state index in [-0.39, 0.29) is 27.6 Å². The number of carbonyl (C=O) groups is 1. The molecule has 7 nitrogen and oxygen atoms in total. The summed E-state index contributed by atoms with van der Waals surface area (Å²) in [5, 5.41) is 0.356. The van der Waals surface area contributed by atoms with Gasteiger partial charge in [-0.3, -0.25) is 4.79 Å². The van der Waals surface area contributed by atoms with E-state index in [9.17, 15) is 13.2 Å². The average molecular weight is 446 g/mol. The van der Waals surface area contributed by atoms with Gasteiger partial charge >= 0.3 is 0 Å². The van der Waals surface area contributed by atoms with Crippen molar-refractivity contribution in [3.8, 4) is 11.5 Å². The first-order valence-corrected chi connectivity index (χ1v) is 11.3. The number of piperazine rings is 1. The zero-order valence-corrected chi connectivity index (χ0v) is 17.9. The molecule has 1 aromatic heterocycles. The third kappa shape index (κ3) is 3.93. The fraction of sp³-hybridized carbons (Fsp3) is 0.238. The summed E-state index contributed by atoms with van der Waals surface area (Å²) >= 11 is 6.09. The molecule has 0 aliphatic carbocycles. The lowest BCUT2D eigenvalue weighted by Crippen LogP contribution is -2.48. The highest BCUT2D eigenvalue weighted by molar-refractivity contribution is 7.91. The maximum absolute atomic E-state index is 13.3. The highest BCUT2D eigenvalue weighted by Crippen LogP contribution is 2.35. The minimum Gasteiger partial charge on any atom is -0.419 e. The van der Waals surface area contributed by atoms with Crippen LogP contribution in [0, 0.1) is 0 Å². The molecule has 1 fully saturated rings. The van der Waals surface area contributed by atoms with Crippen LogP contribution in [0.1, 0.15) is 6.92 Å². The summed E-state index contributed by atoms with van der Waals surface area (Å²) in [6.45, 7) is 3.37. The van der Waals surface area contributed by atoms with Crippen LogP contribution in [-0.2, 0) is 14.6 Å². The zero-order valence-electron chi connectivity index (χ0n) is 16.3. The number of rotatable bonds is 4. The minimum absolute atomic E-state index is 0.0102. The molecule has 1 amide bonds. The molecule has 0 spiro atoms. The van der Waals surface area contributed by atoms with E-state index in [0.29, 0.717) is 36.8 Å². The Labute approximate surface area is 179 Å². The van der Waals surface area contributed by atoms with Gasteiger partial charge in [-0.1, -0.05) is 35.9 Å². The van der Waals surface area contributed by atoms with Crippen molar-refractivity contribution in [2.45, 2.75) is 16.8 Å². The fourth-order valence-corrected chi connectivity index (χ4v) is 4.89. The van der Waals surface area contributed by atoms with Gasteiger partial charge < -0.3 is 14.2 Å². The lowest BCUT2D eigenvalue weighted by Gasteiger charge is -2.34. The molecule has 0 bridgehead atoms. The van der Waals surface area contributed by atoms with E-state index in [2.05, 4.69) is 4.98 Å². The second-order valence-electron chi connectivity index (χ2n) is 6.95. The first-order chi connectivity index (χ1) is 14.4. The summed E-state index contributed by atoms with van der Waals surface area (Å²) in [7, 11) is -3.91. The van der Waals surface area contributed by atoms with Crippen molar-refractivity contribution in [1.29, 1.82) is 0 Å². The van der Waals surface area contributed by atoms with E-state index >= 15 is 0 Å². The van der Waals surface area contributed by atoms with E-state index < -0.39 is 9.84 Å². The van der Waals surface area contributed by atoms with Crippen LogP contribution in [-0.4, -0.2) is 50.4 Å². The number of carbonyl (C=O) groups excluding carboxylic acids is 1. The highest BCUT2D eigenvalue weighted by atomic mass is 35.5. The molecular weight excluding hydrogens is 426 g/mol. The maximum Gasteiger partial charge on any atom is 0.236 e. The van der Waals surface area contributed by atoms with Crippen LogP contribution in [0.25, 0.3) is 11.5 Å². The Kier molecular flexibility index (Phi) is 5.53. The van der Waals surface area contributed by atoms with Crippen molar-refractivity contribution < 1.29 is 17.6 Å². The van der Waals surface area contributed by atoms with Gasteiger partial charge in [0.25, 0.3) is 0 Å². The van der Waals surface area contributed by atoms with Gasteiger partial charge in [-0.25, -0.2) is 8.42 Å². The van der Waals surface area contributed by atoms with Gasteiger partial charge in [0.1, 0.15) is 0 Å². The van der Waals surface area contributed by atoms with E-state index in [1.54, 1.807) is 47.4 Å². The zero-order chi connectivity index (χ0) is 21.3. The topological polar surface area (TPSA) is 83.7 Å². The van der Waals surface area contributed by atoms with Crippen LogP contribution >= 0.6 is 11.6 Å². The predicted octanol–water partition coefficient (Wildman–Crippen LogP) is 3.50. The third-order valence-electron chi connectivity index (χ3n) is 4.97. The molecule has 9 heteroatoms. The summed E-state index contributed by atoms with van der Waals surface area (Å²) in [5.41, 5.74) is 0.584. The largest absolute Gasteiger partial charge is 0.419 e. The van der Waals surface area contributed by atoms with Crippen LogP contribution in [0.3, 0.4) is 0 Å². The number of anilines is 1. The predicted molar refractivity (Wildman–Crippen MR) is 113 cm³/mol. The summed E-state index contributed by atoms with van der Waals surface area (Å²) in [5.74, 6) is 0.344. The van der Waals surface area contributed by atoms with E-state index in [1.807, 2.05) is 4.90 Å². The number of aromatic nitrogens is 1. The Morgan fingerprint density at radius 1 is 1.03 bits per heavy atom. The summed E-state index contributed by atoms with van der Waals surface area (Å²) in [6.07, 6.45) is 0. The Hall–Kier alpha value is -2.84. The summed E-state index contributed by atoms with van der Waals surface area (Å²) in [4.78, 5) is 19.7. The third-order valence-corrected chi connectivity index (χ3v) is 6.87. The van der Waals surface area contributed by atoms with Gasteiger partial charge in [0, 0.05) is 43.7 Å². The molecule has 1 aliphatic heterocycles. The van der Waals surface area contributed by atoms with Crippen LogP contribution < -0.4 is 4.90 Å². The van der Waals surface area contributed by atoms with Crippen molar-refractivity contribution in [2.75, 3.05) is 31.1 Å². The average Bonchev–Trinajstić information content (AvgIpc) is 3.21. The van der Waals surface area contributed by atoms with Crippen molar-refractivity contribution >= 4 is 33.2 Å². The number of amides is 1. The van der Waals surface area contributed by atoms with Gasteiger partial charge in [-0.2, -0.15) is 4.98 Å². The van der Waals surface area contributed by atoms with Gasteiger partial charge in [-0.15, -0.1) is 0 Å². The van der Waals surface area contributed by atoms with Gasteiger partial charge in [0.15, 0.2) is 0 Å². The molecule has 0 N–H and O–H groups in total. The smallest absolute Gasteiger partial charge is 0.236 e. The second-order valence-corrected chi connectivity index (χ2v) is 9.25. The molecule has 2 heterocycles. The molecule has 156 valence electrons. The fourth-order valence-electron chi connectivity index (χ4n) is 3.35. The molecular formula is C21H20ClN3O4S. The van der Waals surface area contributed by atoms with Gasteiger partial charge in [0.05, 0.1) is 4.90 Å². The van der Waals surface area contributed by atoms with Gasteiger partial charge in [-0.05, 0) is 30.3 Å². The van der Waals surface area contributed by atoms with Crippen LogP contribution in [0.4, 0.5) is 5.88 Å². The van der Waals surface area contributed by atoms with Crippen molar-refractivity contribution in [1.82, 2.24) is 9.88 Å². The number of hydrogen-bond donors (Lipinski definition) is 0. The van der Waals surface area contributed by atoms with Gasteiger partial charge in [0.2, 0.25) is 32.5 Å². The molecule has 0 unspecified atom stereocenters. The first kappa shape index (κ1) is 20.4. The van der Waals surface area contributed by atoms with E-state index in [4.69, 9.17) is 16.0 Å². The normalized spacial score (nSPS) is 14.7. The molecule has 30 heavy (non-hydrogen) atoms. The van der Waals surface area contributed by atoms with Crippen LogP contribution in [0.2, 0.25) is 5.02 Å². The van der Waals surface area contributed by atoms with E-state index in [0.717, 1.165) is 0 Å². The van der Waals surface area contributed by atoms with Crippen molar-refractivity contribution in [2.24, 2.45) is 0 Å². The van der Waals surface area contributed by atoms with Crippen molar-refractivity contribution in [3.05, 3.63) is 59.6 Å². The molecule has 0 saturated carbocycles. The standard InChI is InChI=1S/C21H20ClN3O4S/c1-15(26)24-10-12-25(13-11-24)21-20(30(27,28)18-8-3-2-4-9-18)23-19(29-21)16-6-5-7-17(22)14-16/h2-9,14H,10-13H2,1H3. The van der Waals surface area contributed by atoms with E-state index in [1.165, 1.54) is 19.1 Å². The Balaban J connectivity index is 1.79.